The van der Waals surface area contributed by atoms with Gasteiger partial charge in [-0.3, -0.25) is 9.89 Å². The number of aromatic nitrogens is 3. The van der Waals surface area contributed by atoms with Crippen LogP contribution in [0.3, 0.4) is 0 Å². The second-order valence-corrected chi connectivity index (χ2v) is 4.04. The average Bonchev–Trinajstić information content (AvgIpc) is 2.97. The summed E-state index contributed by atoms with van der Waals surface area (Å²) in [6, 6.07) is 0. The third-order valence-corrected chi connectivity index (χ3v) is 3.00. The fourth-order valence-corrected chi connectivity index (χ4v) is 2.04. The van der Waals surface area contributed by atoms with Crippen LogP contribution in [0.4, 0.5) is 14.5 Å². The molecule has 0 aliphatic rings. The van der Waals surface area contributed by atoms with Gasteiger partial charge in [-0.05, 0) is 0 Å². The quantitative estimate of drug-likeness (QED) is 0.916. The molecular formula is C9H8F2N4OS. The van der Waals surface area contributed by atoms with Crippen molar-refractivity contribution in [1.82, 2.24) is 15.2 Å². The summed E-state index contributed by atoms with van der Waals surface area (Å²) in [7, 11) is 1.49. The second kappa shape index (κ2) is 4.58. The van der Waals surface area contributed by atoms with Crippen LogP contribution in [-0.2, 0) is 0 Å². The van der Waals surface area contributed by atoms with E-state index in [1.54, 1.807) is 0 Å². The molecule has 0 aliphatic heterocycles. The molecular weight excluding hydrogens is 250 g/mol. The number of aromatic amines is 1. The third kappa shape index (κ3) is 2.16. The van der Waals surface area contributed by atoms with Crippen LogP contribution in [0.25, 0.3) is 0 Å². The summed E-state index contributed by atoms with van der Waals surface area (Å²) in [5.74, 6) is -0.524. The van der Waals surface area contributed by atoms with Crippen molar-refractivity contribution < 1.29 is 13.6 Å². The Labute approximate surface area is 99.1 Å². The van der Waals surface area contributed by atoms with Gasteiger partial charge in [0.15, 0.2) is 0 Å². The van der Waals surface area contributed by atoms with Crippen molar-refractivity contribution in [3.8, 4) is 0 Å². The van der Waals surface area contributed by atoms with Gasteiger partial charge >= 0.3 is 0 Å². The van der Waals surface area contributed by atoms with Gasteiger partial charge in [0.05, 0.1) is 17.4 Å². The van der Waals surface area contributed by atoms with Crippen molar-refractivity contribution in [3.05, 3.63) is 28.5 Å². The maximum absolute atomic E-state index is 12.6. The zero-order valence-corrected chi connectivity index (χ0v) is 9.54. The van der Waals surface area contributed by atoms with Crippen LogP contribution < -0.4 is 4.90 Å². The Morgan fingerprint density at radius 1 is 1.59 bits per heavy atom. The van der Waals surface area contributed by atoms with Gasteiger partial charge in [0.25, 0.3) is 12.3 Å². The van der Waals surface area contributed by atoms with Gasteiger partial charge in [0, 0.05) is 13.2 Å². The van der Waals surface area contributed by atoms with E-state index in [1.165, 1.54) is 29.9 Å². The standard InChI is InChI=1S/C9H8F2N4OS/c1-15(5-2-13-14-3-5)9(16)7-6(8(10)11)12-4-17-7/h2-4,8H,1H3,(H,13,14). The SMILES string of the molecule is CN(C(=O)c1scnc1C(F)F)c1cn[nH]c1. The number of alkyl halides is 2. The minimum absolute atomic E-state index is 0.0521. The molecule has 0 fully saturated rings. The summed E-state index contributed by atoms with van der Waals surface area (Å²) in [5.41, 5.74) is 1.26. The summed E-state index contributed by atoms with van der Waals surface area (Å²) >= 11 is 0.899. The van der Waals surface area contributed by atoms with E-state index in [9.17, 15) is 13.6 Å². The molecule has 0 aromatic carbocycles. The van der Waals surface area contributed by atoms with Crippen molar-refractivity contribution in [2.24, 2.45) is 0 Å². The third-order valence-electron chi connectivity index (χ3n) is 2.17. The van der Waals surface area contributed by atoms with Crippen LogP contribution in [0.2, 0.25) is 0 Å². The summed E-state index contributed by atoms with van der Waals surface area (Å²) in [5, 5.41) is 6.23. The van der Waals surface area contributed by atoms with Crippen LogP contribution in [0.15, 0.2) is 17.9 Å². The first-order chi connectivity index (χ1) is 8.11. The zero-order valence-electron chi connectivity index (χ0n) is 8.72. The summed E-state index contributed by atoms with van der Waals surface area (Å²) in [6.45, 7) is 0. The monoisotopic (exact) mass is 258 g/mol. The largest absolute Gasteiger partial charge is 0.308 e. The second-order valence-electron chi connectivity index (χ2n) is 3.19. The predicted octanol–water partition coefficient (Wildman–Crippen LogP) is 2.08. The molecule has 0 radical (unpaired) electrons. The number of carbonyl (C=O) groups is 1. The Morgan fingerprint density at radius 2 is 2.35 bits per heavy atom. The van der Waals surface area contributed by atoms with Crippen LogP contribution in [0, 0.1) is 0 Å². The van der Waals surface area contributed by atoms with Crippen LogP contribution >= 0.6 is 11.3 Å². The molecule has 0 atom stereocenters. The van der Waals surface area contributed by atoms with Crippen LogP contribution in [-0.4, -0.2) is 28.1 Å². The number of nitrogens with one attached hydrogen (secondary N) is 1. The highest BCUT2D eigenvalue weighted by molar-refractivity contribution is 7.12. The topological polar surface area (TPSA) is 61.9 Å². The van der Waals surface area contributed by atoms with E-state index >= 15 is 0 Å². The van der Waals surface area contributed by atoms with Gasteiger partial charge in [0.2, 0.25) is 0 Å². The number of halogens is 2. The Balaban J connectivity index is 2.28. The fraction of sp³-hybridized carbons (Fsp3) is 0.222. The summed E-state index contributed by atoms with van der Waals surface area (Å²) in [6.07, 6.45) is 0.181. The number of H-pyrrole nitrogens is 1. The predicted molar refractivity (Wildman–Crippen MR) is 58.4 cm³/mol. The molecule has 0 aliphatic carbocycles. The normalized spacial score (nSPS) is 10.8. The molecule has 17 heavy (non-hydrogen) atoms. The highest BCUT2D eigenvalue weighted by Gasteiger charge is 2.24. The fourth-order valence-electron chi connectivity index (χ4n) is 1.27. The van der Waals surface area contributed by atoms with Crippen molar-refractivity contribution in [2.45, 2.75) is 6.43 Å². The van der Waals surface area contributed by atoms with Crippen molar-refractivity contribution in [1.29, 1.82) is 0 Å². The van der Waals surface area contributed by atoms with Gasteiger partial charge < -0.3 is 4.90 Å². The van der Waals surface area contributed by atoms with E-state index in [2.05, 4.69) is 15.2 Å². The molecule has 0 unspecified atom stereocenters. The number of nitrogens with zero attached hydrogens (tertiary/aromatic N) is 3. The molecule has 8 heteroatoms. The molecule has 1 N–H and O–H groups in total. The van der Waals surface area contributed by atoms with E-state index in [0.29, 0.717) is 5.69 Å². The molecule has 0 bridgehead atoms. The van der Waals surface area contributed by atoms with Crippen molar-refractivity contribution in [2.75, 3.05) is 11.9 Å². The van der Waals surface area contributed by atoms with Crippen LogP contribution in [0.5, 0.6) is 0 Å². The Bertz CT molecular complexity index is 511. The molecule has 0 spiro atoms. The van der Waals surface area contributed by atoms with Gasteiger partial charge in [-0.2, -0.15) is 5.10 Å². The van der Waals surface area contributed by atoms with E-state index in [4.69, 9.17) is 0 Å². The van der Waals surface area contributed by atoms with E-state index in [0.717, 1.165) is 11.3 Å². The Hall–Kier alpha value is -1.83. The lowest BCUT2D eigenvalue weighted by molar-refractivity contribution is 0.0982. The number of rotatable bonds is 3. The molecule has 2 rings (SSSR count). The Kier molecular flexibility index (Phi) is 3.14. The number of amides is 1. The van der Waals surface area contributed by atoms with Crippen molar-refractivity contribution >= 4 is 22.9 Å². The highest BCUT2D eigenvalue weighted by atomic mass is 32.1. The van der Waals surface area contributed by atoms with E-state index in [-0.39, 0.29) is 4.88 Å². The molecule has 2 heterocycles. The molecule has 90 valence electrons. The molecule has 5 nitrogen and oxygen atoms in total. The lowest BCUT2D eigenvalue weighted by Crippen LogP contribution is -2.26. The smallest absolute Gasteiger partial charge is 0.281 e. The van der Waals surface area contributed by atoms with Gasteiger partial charge in [-0.1, -0.05) is 0 Å². The summed E-state index contributed by atoms with van der Waals surface area (Å²) < 4.78 is 25.2. The maximum atomic E-state index is 12.6. The molecule has 0 saturated heterocycles. The summed E-state index contributed by atoms with van der Waals surface area (Å²) in [4.78, 5) is 16.6. The first-order valence-corrected chi connectivity index (χ1v) is 5.47. The van der Waals surface area contributed by atoms with E-state index < -0.39 is 18.0 Å². The maximum Gasteiger partial charge on any atom is 0.281 e. The minimum atomic E-state index is -2.75. The van der Waals surface area contributed by atoms with E-state index in [1.807, 2.05) is 0 Å². The number of carbonyl (C=O) groups excluding carboxylic acids is 1. The number of anilines is 1. The zero-order chi connectivity index (χ0) is 12.4. The molecule has 2 aromatic rings. The number of thiazole rings is 1. The first kappa shape index (κ1) is 11.6. The van der Waals surface area contributed by atoms with Gasteiger partial charge in [0.1, 0.15) is 10.6 Å². The molecule has 2 aromatic heterocycles. The van der Waals surface area contributed by atoms with Crippen LogP contribution in [0.1, 0.15) is 21.8 Å². The molecule has 1 amide bonds. The molecule has 0 saturated carbocycles. The van der Waals surface area contributed by atoms with Gasteiger partial charge in [-0.15, -0.1) is 11.3 Å². The Morgan fingerprint density at radius 3 is 2.94 bits per heavy atom. The average molecular weight is 258 g/mol. The lowest BCUT2D eigenvalue weighted by atomic mass is 10.3. The first-order valence-electron chi connectivity index (χ1n) is 4.59. The van der Waals surface area contributed by atoms with Crippen molar-refractivity contribution in [3.63, 3.8) is 0 Å². The highest BCUT2D eigenvalue weighted by Crippen LogP contribution is 2.26. The number of hydrogen-bond acceptors (Lipinski definition) is 4. The minimum Gasteiger partial charge on any atom is -0.308 e. The lowest BCUT2D eigenvalue weighted by Gasteiger charge is -2.14. The van der Waals surface area contributed by atoms with Gasteiger partial charge in [-0.25, -0.2) is 13.8 Å². The number of hydrogen-bond donors (Lipinski definition) is 1.